The fourth-order valence-corrected chi connectivity index (χ4v) is 1.64. The second kappa shape index (κ2) is 5.12. The highest BCUT2D eigenvalue weighted by atomic mass is 35.5. The van der Waals surface area contributed by atoms with Gasteiger partial charge in [-0.05, 0) is 26.8 Å². The van der Waals surface area contributed by atoms with Crippen LogP contribution in [0.15, 0.2) is 12.1 Å². The first-order chi connectivity index (χ1) is 8.11. The average molecular weight is 291 g/mol. The highest BCUT2D eigenvalue weighted by molar-refractivity contribution is 6.43. The number of nitrogens with zero attached hydrogens (tertiary/aromatic N) is 1. The van der Waals surface area contributed by atoms with E-state index in [1.807, 2.05) is 0 Å². The van der Waals surface area contributed by atoms with Crippen LogP contribution in [0.2, 0.25) is 10.0 Å². The van der Waals surface area contributed by atoms with Crippen LogP contribution in [-0.2, 0) is 0 Å². The van der Waals surface area contributed by atoms with E-state index < -0.39 is 16.4 Å². The van der Waals surface area contributed by atoms with Gasteiger partial charge >= 0.3 is 0 Å². The quantitative estimate of drug-likeness (QED) is 0.670. The fraction of sp³-hybridized carbons (Fsp3) is 0.364. The number of halogens is 2. The first-order valence-corrected chi connectivity index (χ1v) is 5.83. The van der Waals surface area contributed by atoms with Crippen molar-refractivity contribution in [1.29, 1.82) is 0 Å². The van der Waals surface area contributed by atoms with Gasteiger partial charge < -0.3 is 5.32 Å². The number of nitro benzene ring substituents is 1. The molecule has 0 aliphatic heterocycles. The molecule has 1 aromatic carbocycles. The van der Waals surface area contributed by atoms with Crippen molar-refractivity contribution >= 4 is 34.8 Å². The third-order valence-electron chi connectivity index (χ3n) is 1.96. The van der Waals surface area contributed by atoms with Gasteiger partial charge in [0.15, 0.2) is 0 Å². The first-order valence-electron chi connectivity index (χ1n) is 5.08. The van der Waals surface area contributed by atoms with Gasteiger partial charge in [-0.15, -0.1) is 0 Å². The van der Waals surface area contributed by atoms with Crippen molar-refractivity contribution < 1.29 is 9.72 Å². The summed E-state index contributed by atoms with van der Waals surface area (Å²) in [4.78, 5) is 21.9. The van der Waals surface area contributed by atoms with Crippen LogP contribution in [0.25, 0.3) is 0 Å². The first kappa shape index (κ1) is 14.7. The van der Waals surface area contributed by atoms with Gasteiger partial charge in [0.05, 0.1) is 9.95 Å². The van der Waals surface area contributed by atoms with Gasteiger partial charge in [0.1, 0.15) is 5.02 Å². The summed E-state index contributed by atoms with van der Waals surface area (Å²) in [6.45, 7) is 5.41. The second-order valence-corrected chi connectivity index (χ2v) is 5.54. The number of hydrogen-bond acceptors (Lipinski definition) is 3. The Labute approximate surface area is 114 Å². The summed E-state index contributed by atoms with van der Waals surface area (Å²) in [5.41, 5.74) is -0.730. The highest BCUT2D eigenvalue weighted by Crippen LogP contribution is 2.33. The molecule has 7 heteroatoms. The molecule has 0 unspecified atom stereocenters. The summed E-state index contributed by atoms with van der Waals surface area (Å²) in [6.07, 6.45) is 0. The van der Waals surface area contributed by atoms with Crippen LogP contribution in [0.4, 0.5) is 5.69 Å². The van der Waals surface area contributed by atoms with Gasteiger partial charge in [-0.1, -0.05) is 23.2 Å². The summed E-state index contributed by atoms with van der Waals surface area (Å²) >= 11 is 11.5. The van der Waals surface area contributed by atoms with Gasteiger partial charge in [0.25, 0.3) is 11.6 Å². The fourth-order valence-electron chi connectivity index (χ4n) is 1.25. The molecule has 1 rings (SSSR count). The molecule has 18 heavy (non-hydrogen) atoms. The topological polar surface area (TPSA) is 72.2 Å². The van der Waals surface area contributed by atoms with Crippen LogP contribution in [0, 0.1) is 10.1 Å². The van der Waals surface area contributed by atoms with Crippen molar-refractivity contribution in [2.24, 2.45) is 0 Å². The van der Waals surface area contributed by atoms with E-state index in [2.05, 4.69) is 5.32 Å². The van der Waals surface area contributed by atoms with Crippen molar-refractivity contribution in [3.63, 3.8) is 0 Å². The molecule has 0 spiro atoms. The Hall–Kier alpha value is -1.33. The number of carbonyl (C=O) groups excluding carboxylic acids is 1. The predicted octanol–water partition coefficient (Wildman–Crippen LogP) is 3.43. The van der Waals surface area contributed by atoms with Gasteiger partial charge in [-0.3, -0.25) is 14.9 Å². The molecule has 0 aromatic heterocycles. The third kappa shape index (κ3) is 3.58. The minimum absolute atomic E-state index is 0.0232. The van der Waals surface area contributed by atoms with Crippen molar-refractivity contribution in [2.75, 3.05) is 0 Å². The monoisotopic (exact) mass is 290 g/mol. The van der Waals surface area contributed by atoms with Crippen molar-refractivity contribution in [1.82, 2.24) is 5.32 Å². The molecular formula is C11H12Cl2N2O3. The maximum absolute atomic E-state index is 11.9. The Kier molecular flexibility index (Phi) is 4.19. The Morgan fingerprint density at radius 2 is 1.89 bits per heavy atom. The largest absolute Gasteiger partial charge is 0.347 e. The van der Waals surface area contributed by atoms with E-state index in [1.54, 1.807) is 20.8 Å². The van der Waals surface area contributed by atoms with Gasteiger partial charge in [0.2, 0.25) is 0 Å². The molecule has 98 valence electrons. The Balaban J connectivity index is 3.19. The Morgan fingerprint density at radius 3 is 2.33 bits per heavy atom. The van der Waals surface area contributed by atoms with E-state index in [9.17, 15) is 14.9 Å². The molecule has 1 aromatic rings. The summed E-state index contributed by atoms with van der Waals surface area (Å²) in [7, 11) is 0. The number of carbonyl (C=O) groups is 1. The number of benzene rings is 1. The van der Waals surface area contributed by atoms with E-state index in [0.717, 1.165) is 6.07 Å². The Morgan fingerprint density at radius 1 is 1.33 bits per heavy atom. The lowest BCUT2D eigenvalue weighted by Gasteiger charge is -2.20. The minimum atomic E-state index is -0.678. The minimum Gasteiger partial charge on any atom is -0.347 e. The van der Waals surface area contributed by atoms with Crippen LogP contribution in [0.5, 0.6) is 0 Å². The maximum atomic E-state index is 11.9. The molecule has 0 aliphatic rings. The van der Waals surface area contributed by atoms with Gasteiger partial charge in [0, 0.05) is 17.2 Å². The molecule has 0 fully saturated rings. The average Bonchev–Trinajstić information content (AvgIpc) is 2.18. The Bertz CT molecular complexity index is 510. The molecule has 0 heterocycles. The second-order valence-electron chi connectivity index (χ2n) is 4.75. The molecule has 0 aliphatic carbocycles. The number of rotatable bonds is 2. The molecule has 0 saturated heterocycles. The normalized spacial score (nSPS) is 11.2. The smallest absolute Gasteiger partial charge is 0.290 e. The standard InChI is InChI=1S/C11H12Cl2N2O3/c1-11(2,3)14-10(16)6-4-7(12)9(13)8(5-6)15(17)18/h4-5H,1-3H3,(H,14,16). The molecule has 0 radical (unpaired) electrons. The van der Waals surface area contributed by atoms with Crippen LogP contribution >= 0.6 is 23.2 Å². The van der Waals surface area contributed by atoms with Crippen LogP contribution in [-0.4, -0.2) is 16.4 Å². The molecule has 0 bridgehead atoms. The summed E-state index contributed by atoms with van der Waals surface area (Å²) in [6, 6.07) is 2.41. The van der Waals surface area contributed by atoms with Crippen LogP contribution < -0.4 is 5.32 Å². The van der Waals surface area contributed by atoms with E-state index in [0.29, 0.717) is 0 Å². The lowest BCUT2D eigenvalue weighted by atomic mass is 10.1. The zero-order chi connectivity index (χ0) is 14.1. The number of nitrogens with one attached hydrogen (secondary N) is 1. The van der Waals surface area contributed by atoms with Gasteiger partial charge in [-0.2, -0.15) is 0 Å². The molecule has 5 nitrogen and oxygen atoms in total. The number of hydrogen-bond donors (Lipinski definition) is 1. The SMILES string of the molecule is CC(C)(C)NC(=O)c1cc(Cl)c(Cl)c([N+](=O)[O-])c1. The van der Waals surface area contributed by atoms with Crippen molar-refractivity contribution in [3.05, 3.63) is 37.9 Å². The summed E-state index contributed by atoms with van der Waals surface area (Å²) < 4.78 is 0. The number of amides is 1. The van der Waals surface area contributed by atoms with Crippen molar-refractivity contribution in [2.45, 2.75) is 26.3 Å². The molecule has 0 saturated carbocycles. The zero-order valence-corrected chi connectivity index (χ0v) is 11.6. The van der Waals surface area contributed by atoms with E-state index in [-0.39, 0.29) is 21.3 Å². The summed E-state index contributed by atoms with van der Waals surface area (Å²) in [5, 5.41) is 13.3. The number of nitro groups is 1. The highest BCUT2D eigenvalue weighted by Gasteiger charge is 2.22. The van der Waals surface area contributed by atoms with Crippen LogP contribution in [0.3, 0.4) is 0 Å². The molecular weight excluding hydrogens is 279 g/mol. The molecule has 1 amide bonds. The van der Waals surface area contributed by atoms with Crippen molar-refractivity contribution in [3.8, 4) is 0 Å². The zero-order valence-electron chi connectivity index (χ0n) is 10.1. The molecule has 1 N–H and O–H groups in total. The van der Waals surface area contributed by atoms with E-state index in [1.165, 1.54) is 6.07 Å². The molecule has 0 atom stereocenters. The van der Waals surface area contributed by atoms with E-state index in [4.69, 9.17) is 23.2 Å². The maximum Gasteiger partial charge on any atom is 0.290 e. The van der Waals surface area contributed by atoms with Gasteiger partial charge in [-0.25, -0.2) is 0 Å². The predicted molar refractivity (Wildman–Crippen MR) is 70.3 cm³/mol. The summed E-state index contributed by atoms with van der Waals surface area (Å²) in [5.74, 6) is -0.441. The van der Waals surface area contributed by atoms with E-state index >= 15 is 0 Å². The lowest BCUT2D eigenvalue weighted by molar-refractivity contribution is -0.384. The third-order valence-corrected chi connectivity index (χ3v) is 2.75. The van der Waals surface area contributed by atoms with Crippen LogP contribution in [0.1, 0.15) is 31.1 Å². The lowest BCUT2D eigenvalue weighted by Crippen LogP contribution is -2.40.